The number of piperidine rings is 1. The van der Waals surface area contributed by atoms with Crippen molar-refractivity contribution in [2.45, 2.75) is 59.4 Å². The summed E-state index contributed by atoms with van der Waals surface area (Å²) in [6.45, 7) is 10.0. The number of aromatic nitrogens is 3. The second kappa shape index (κ2) is 15.9. The van der Waals surface area contributed by atoms with Crippen LogP contribution < -0.4 is 9.47 Å². The lowest BCUT2D eigenvalue weighted by Crippen LogP contribution is -2.50. The number of ether oxygens (including phenoxy) is 3. The molecule has 0 spiro atoms. The number of hydrogen-bond donors (Lipinski definition) is 0. The maximum Gasteiger partial charge on any atom is 0.410 e. The molecule has 0 aliphatic carbocycles. The predicted octanol–water partition coefficient (Wildman–Crippen LogP) is 8.44. The lowest BCUT2D eigenvalue weighted by atomic mass is 9.85. The van der Waals surface area contributed by atoms with E-state index in [2.05, 4.69) is 0 Å². The molecular weight excluding hydrogens is 698 g/mol. The Labute approximate surface area is 321 Å². The number of aryl methyl sites for hydroxylation is 1. The van der Waals surface area contributed by atoms with Gasteiger partial charge < -0.3 is 24.0 Å². The largest absolute Gasteiger partial charge is 0.473 e. The van der Waals surface area contributed by atoms with Crippen molar-refractivity contribution < 1.29 is 28.2 Å². The first kappa shape index (κ1) is 37.6. The van der Waals surface area contributed by atoms with Gasteiger partial charge in [0.05, 0.1) is 5.56 Å². The SMILES string of the molecule is CC1CN(C(=O)OC(C)(C)C)CCC1C(=O)N1CC=C(c2ccc3c(-c4ccc(OCc5ccccc5)nc4OCc4ccccc4)nn(C)c3c2F)CC1. The quantitative estimate of drug-likeness (QED) is 0.149. The van der Waals surface area contributed by atoms with Gasteiger partial charge in [-0.15, -0.1) is 0 Å². The van der Waals surface area contributed by atoms with Gasteiger partial charge in [0.1, 0.15) is 30.0 Å². The van der Waals surface area contributed by atoms with E-state index in [-0.39, 0.29) is 36.3 Å². The third kappa shape index (κ3) is 8.51. The van der Waals surface area contributed by atoms with Gasteiger partial charge in [0.2, 0.25) is 17.7 Å². The highest BCUT2D eigenvalue weighted by Gasteiger charge is 2.37. The standard InChI is InChI=1S/C44H48FN5O5/c1-29-26-50(43(52)55-44(2,3)4)25-22-33(29)42(51)49-23-20-32(21-24-49)34-16-17-35-39(47-48(5)40(35)38(34)45)36-18-19-37(53-27-30-12-8-6-9-13-30)46-41(36)54-28-31-14-10-7-11-15-31/h6-20,29,33H,21-28H2,1-5H3. The number of pyridine rings is 1. The highest BCUT2D eigenvalue weighted by atomic mass is 19.1. The van der Waals surface area contributed by atoms with E-state index in [1.54, 1.807) is 28.8 Å². The maximum atomic E-state index is 16.6. The van der Waals surface area contributed by atoms with Gasteiger partial charge in [0, 0.05) is 56.2 Å². The van der Waals surface area contributed by atoms with Crippen LogP contribution in [0.15, 0.2) is 91.0 Å². The van der Waals surface area contributed by atoms with Crippen molar-refractivity contribution in [2.75, 3.05) is 26.2 Å². The molecule has 2 atom stereocenters. The van der Waals surface area contributed by atoms with Gasteiger partial charge in [-0.05, 0) is 68.4 Å². The molecule has 2 unspecified atom stereocenters. The van der Waals surface area contributed by atoms with Crippen LogP contribution >= 0.6 is 0 Å². The Kier molecular flexibility index (Phi) is 10.9. The van der Waals surface area contributed by atoms with Gasteiger partial charge >= 0.3 is 6.09 Å². The van der Waals surface area contributed by atoms with Crippen molar-refractivity contribution in [2.24, 2.45) is 18.9 Å². The van der Waals surface area contributed by atoms with Crippen LogP contribution in [-0.4, -0.2) is 68.3 Å². The van der Waals surface area contributed by atoms with Crippen LogP contribution in [0.3, 0.4) is 0 Å². The minimum Gasteiger partial charge on any atom is -0.473 e. The third-order valence-electron chi connectivity index (χ3n) is 10.2. The van der Waals surface area contributed by atoms with Gasteiger partial charge in [-0.3, -0.25) is 9.48 Å². The van der Waals surface area contributed by atoms with E-state index in [0.29, 0.717) is 85.1 Å². The molecule has 3 aromatic carbocycles. The summed E-state index contributed by atoms with van der Waals surface area (Å²) in [6.07, 6.45) is 2.72. The van der Waals surface area contributed by atoms with E-state index in [4.69, 9.17) is 24.3 Å². The first-order valence-corrected chi connectivity index (χ1v) is 18.9. The molecule has 10 nitrogen and oxygen atoms in total. The summed E-state index contributed by atoms with van der Waals surface area (Å²) < 4.78 is 36.0. The van der Waals surface area contributed by atoms with Gasteiger partial charge in [-0.2, -0.15) is 10.1 Å². The minimum absolute atomic E-state index is 0.00416. The fraction of sp³-hybridized carbons (Fsp3) is 0.364. The molecule has 0 radical (unpaired) electrons. The van der Waals surface area contributed by atoms with Gasteiger partial charge in [-0.1, -0.05) is 79.7 Å². The number of likely N-dealkylation sites (tertiary alicyclic amines) is 1. The monoisotopic (exact) mass is 745 g/mol. The number of halogens is 1. The van der Waals surface area contributed by atoms with E-state index >= 15 is 4.39 Å². The lowest BCUT2D eigenvalue weighted by Gasteiger charge is -2.39. The summed E-state index contributed by atoms with van der Waals surface area (Å²) >= 11 is 0. The average Bonchev–Trinajstić information content (AvgIpc) is 3.52. The number of hydrogen-bond acceptors (Lipinski definition) is 7. The zero-order chi connectivity index (χ0) is 38.7. The van der Waals surface area contributed by atoms with E-state index in [9.17, 15) is 9.59 Å². The molecule has 0 bridgehead atoms. The number of nitrogens with zero attached hydrogens (tertiary/aromatic N) is 5. The minimum atomic E-state index is -0.572. The first-order chi connectivity index (χ1) is 26.4. The lowest BCUT2D eigenvalue weighted by molar-refractivity contribution is -0.138. The van der Waals surface area contributed by atoms with Crippen LogP contribution in [-0.2, 0) is 29.8 Å². The van der Waals surface area contributed by atoms with Gasteiger partial charge in [0.25, 0.3) is 0 Å². The molecule has 2 aromatic heterocycles. The first-order valence-electron chi connectivity index (χ1n) is 18.9. The fourth-order valence-corrected chi connectivity index (χ4v) is 7.38. The highest BCUT2D eigenvalue weighted by molar-refractivity contribution is 5.96. The number of rotatable bonds is 9. The Balaban J connectivity index is 1.09. The molecule has 2 amide bonds. The van der Waals surface area contributed by atoms with Crippen molar-refractivity contribution >= 4 is 28.5 Å². The topological polar surface area (TPSA) is 99.0 Å². The smallest absolute Gasteiger partial charge is 0.410 e. The molecule has 0 N–H and O–H groups in total. The summed E-state index contributed by atoms with van der Waals surface area (Å²) in [7, 11) is 1.74. The van der Waals surface area contributed by atoms with Crippen molar-refractivity contribution in [1.29, 1.82) is 0 Å². The van der Waals surface area contributed by atoms with E-state index in [0.717, 1.165) is 16.7 Å². The number of benzene rings is 3. The summed E-state index contributed by atoms with van der Waals surface area (Å²) in [5.41, 5.74) is 4.32. The van der Waals surface area contributed by atoms with Gasteiger partial charge in [-0.25, -0.2) is 9.18 Å². The van der Waals surface area contributed by atoms with Crippen molar-refractivity contribution in [3.8, 4) is 23.0 Å². The maximum absolute atomic E-state index is 16.6. The fourth-order valence-electron chi connectivity index (χ4n) is 7.38. The van der Waals surface area contributed by atoms with Crippen molar-refractivity contribution in [3.05, 3.63) is 114 Å². The van der Waals surface area contributed by atoms with E-state index < -0.39 is 5.60 Å². The molecular formula is C44H48FN5O5. The summed E-state index contributed by atoms with van der Waals surface area (Å²) in [4.78, 5) is 34.6. The molecule has 55 heavy (non-hydrogen) atoms. The Morgan fingerprint density at radius 3 is 2.16 bits per heavy atom. The zero-order valence-electron chi connectivity index (χ0n) is 32.1. The van der Waals surface area contributed by atoms with Crippen molar-refractivity contribution in [1.82, 2.24) is 24.6 Å². The summed E-state index contributed by atoms with van der Waals surface area (Å²) in [6, 6.07) is 27.0. The Morgan fingerprint density at radius 2 is 1.53 bits per heavy atom. The molecule has 5 aromatic rings. The van der Waals surface area contributed by atoms with Crippen LogP contribution in [0.4, 0.5) is 9.18 Å². The van der Waals surface area contributed by atoms with E-state index in [1.807, 2.05) is 111 Å². The third-order valence-corrected chi connectivity index (χ3v) is 10.2. The molecule has 11 heteroatoms. The molecule has 1 saturated heterocycles. The summed E-state index contributed by atoms with van der Waals surface area (Å²) in [5, 5.41) is 5.42. The van der Waals surface area contributed by atoms with Crippen LogP contribution in [0.5, 0.6) is 11.8 Å². The molecule has 2 aliphatic heterocycles. The van der Waals surface area contributed by atoms with Crippen LogP contribution in [0.1, 0.15) is 57.2 Å². The Hall–Kier alpha value is -5.71. The molecule has 7 rings (SSSR count). The second-order valence-electron chi connectivity index (χ2n) is 15.4. The van der Waals surface area contributed by atoms with Crippen LogP contribution in [0, 0.1) is 17.7 Å². The molecule has 0 saturated carbocycles. The Morgan fingerprint density at radius 1 is 0.855 bits per heavy atom. The predicted molar refractivity (Wildman–Crippen MR) is 210 cm³/mol. The highest BCUT2D eigenvalue weighted by Crippen LogP contribution is 2.38. The number of amides is 2. The van der Waals surface area contributed by atoms with E-state index in [1.165, 1.54) is 0 Å². The normalized spacial score (nSPS) is 17.5. The zero-order valence-corrected chi connectivity index (χ0v) is 32.1. The van der Waals surface area contributed by atoms with Crippen molar-refractivity contribution in [3.63, 3.8) is 0 Å². The molecule has 286 valence electrons. The molecule has 2 aliphatic rings. The number of carbonyl (C=O) groups is 2. The second-order valence-corrected chi connectivity index (χ2v) is 15.4. The average molecular weight is 746 g/mol. The molecule has 1 fully saturated rings. The molecule has 4 heterocycles. The van der Waals surface area contributed by atoms with Crippen LogP contribution in [0.2, 0.25) is 0 Å². The summed E-state index contributed by atoms with van der Waals surface area (Å²) in [5.74, 6) is 0.264. The van der Waals surface area contributed by atoms with Gasteiger partial charge in [0.15, 0.2) is 5.82 Å². The number of carbonyl (C=O) groups excluding carboxylic acids is 2. The number of fused-ring (bicyclic) bond motifs is 1. The van der Waals surface area contributed by atoms with Crippen LogP contribution in [0.25, 0.3) is 27.7 Å². The Bertz CT molecular complexity index is 2200.